The average molecular weight is 570 g/mol. The molecule has 0 radical (unpaired) electrons. The van der Waals surface area contributed by atoms with Crippen molar-refractivity contribution in [2.75, 3.05) is 31.6 Å². The zero-order chi connectivity index (χ0) is 28.4. The van der Waals surface area contributed by atoms with E-state index < -0.39 is 40.9 Å². The highest BCUT2D eigenvalue weighted by atomic mass is 32.1. The van der Waals surface area contributed by atoms with Crippen molar-refractivity contribution in [1.29, 1.82) is 5.26 Å². The van der Waals surface area contributed by atoms with Crippen molar-refractivity contribution in [2.45, 2.75) is 12.5 Å². The van der Waals surface area contributed by atoms with Gasteiger partial charge in [-0.2, -0.15) is 15.2 Å². The Morgan fingerprint density at radius 1 is 1.25 bits per heavy atom. The molecule has 0 N–H and O–H groups in total. The first-order chi connectivity index (χ1) is 19.3. The fraction of sp³-hybridized carbons (Fsp3) is 0.231. The summed E-state index contributed by atoms with van der Waals surface area (Å²) in [7, 11) is 1.28. The highest BCUT2D eigenvalue weighted by molar-refractivity contribution is 7.10. The number of ether oxygens (including phenoxy) is 1. The molecule has 0 saturated carbocycles. The lowest BCUT2D eigenvalue weighted by Crippen LogP contribution is -2.55. The summed E-state index contributed by atoms with van der Waals surface area (Å²) in [4.78, 5) is 32.3. The zero-order valence-corrected chi connectivity index (χ0v) is 21.6. The monoisotopic (exact) mass is 569 g/mol. The number of fused-ring (bicyclic) bond motifs is 1. The van der Waals surface area contributed by atoms with Crippen LogP contribution < -0.4 is 9.64 Å². The fourth-order valence-corrected chi connectivity index (χ4v) is 4.98. The molecule has 1 fully saturated rings. The highest BCUT2D eigenvalue weighted by Crippen LogP contribution is 2.34. The van der Waals surface area contributed by atoms with Crippen LogP contribution in [0.4, 0.5) is 23.4 Å². The summed E-state index contributed by atoms with van der Waals surface area (Å²) in [6.45, 7) is 0.233. The van der Waals surface area contributed by atoms with Gasteiger partial charge in [-0.15, -0.1) is 11.3 Å². The Balaban J connectivity index is 1.51. The number of nitriles is 1. The number of thiazole rings is 1. The minimum absolute atomic E-state index is 0.0284. The number of amides is 1. The van der Waals surface area contributed by atoms with E-state index >= 15 is 4.39 Å². The van der Waals surface area contributed by atoms with E-state index in [0.29, 0.717) is 5.01 Å². The minimum Gasteiger partial charge on any atom is -0.467 e. The zero-order valence-electron chi connectivity index (χ0n) is 20.8. The molecular formula is C26H19F4N7O2S. The van der Waals surface area contributed by atoms with Gasteiger partial charge in [-0.25, -0.2) is 22.5 Å². The van der Waals surface area contributed by atoms with Gasteiger partial charge in [-0.3, -0.25) is 9.78 Å². The van der Waals surface area contributed by atoms with E-state index in [1.807, 2.05) is 6.07 Å². The van der Waals surface area contributed by atoms with Crippen LogP contribution in [0.2, 0.25) is 0 Å². The quantitative estimate of drug-likeness (QED) is 0.247. The third kappa shape index (κ3) is 5.15. The Hall–Kier alpha value is -4.64. The third-order valence-corrected chi connectivity index (χ3v) is 7.01. The van der Waals surface area contributed by atoms with E-state index in [2.05, 4.69) is 19.9 Å². The first-order valence-corrected chi connectivity index (χ1v) is 12.7. The Morgan fingerprint density at radius 3 is 2.80 bits per heavy atom. The summed E-state index contributed by atoms with van der Waals surface area (Å²) in [5.74, 6) is -4.36. The average Bonchev–Trinajstić information content (AvgIpc) is 3.47. The normalized spacial score (nSPS) is 15.8. The van der Waals surface area contributed by atoms with Gasteiger partial charge in [0.1, 0.15) is 33.7 Å². The van der Waals surface area contributed by atoms with Crippen LogP contribution in [0.3, 0.4) is 0 Å². The third-order valence-electron chi connectivity index (χ3n) is 6.29. The molecule has 1 aliphatic heterocycles. The van der Waals surface area contributed by atoms with Crippen molar-refractivity contribution < 1.29 is 27.1 Å². The lowest BCUT2D eigenvalue weighted by Gasteiger charge is -2.41. The predicted octanol–water partition coefficient (Wildman–Crippen LogP) is 4.52. The number of halogens is 4. The van der Waals surface area contributed by atoms with E-state index in [9.17, 15) is 23.2 Å². The van der Waals surface area contributed by atoms with Gasteiger partial charge in [0.15, 0.2) is 11.6 Å². The van der Waals surface area contributed by atoms with E-state index in [1.165, 1.54) is 35.7 Å². The van der Waals surface area contributed by atoms with Crippen LogP contribution >= 0.6 is 11.3 Å². The molecule has 204 valence electrons. The van der Waals surface area contributed by atoms with Crippen LogP contribution in [0, 0.1) is 28.8 Å². The number of hydrogen-bond acceptors (Lipinski definition) is 9. The highest BCUT2D eigenvalue weighted by Gasteiger charge is 2.34. The van der Waals surface area contributed by atoms with Crippen LogP contribution in [0.5, 0.6) is 6.01 Å². The number of carbonyl (C=O) groups excluding carboxylic acids is 1. The summed E-state index contributed by atoms with van der Waals surface area (Å²) in [5.41, 5.74) is -1.08. The Bertz CT molecular complexity index is 1660. The number of carbonyl (C=O) groups is 1. The maximum Gasteiger partial charge on any atom is 0.318 e. The van der Waals surface area contributed by atoms with Gasteiger partial charge in [0.25, 0.3) is 5.91 Å². The van der Waals surface area contributed by atoms with Gasteiger partial charge >= 0.3 is 6.01 Å². The summed E-state index contributed by atoms with van der Waals surface area (Å²) < 4.78 is 63.8. The SMILES string of the molecule is COc1nc(N2CCN(C(=O)/C(F)=C/c3nccs3)C(CC#N)C2)c2cnc(-c3cc(F)ccc3F)c(F)c2n1. The maximum absolute atomic E-state index is 15.7. The van der Waals surface area contributed by atoms with Crippen molar-refractivity contribution in [3.05, 3.63) is 64.3 Å². The number of aromatic nitrogens is 4. The molecule has 0 spiro atoms. The molecule has 4 aromatic rings. The van der Waals surface area contributed by atoms with Crippen LogP contribution in [-0.4, -0.2) is 63.5 Å². The lowest BCUT2D eigenvalue weighted by atomic mass is 10.1. The molecule has 1 aromatic carbocycles. The molecule has 0 aliphatic carbocycles. The number of pyridine rings is 1. The van der Waals surface area contributed by atoms with Crippen LogP contribution in [0.25, 0.3) is 28.2 Å². The Labute approximate surface area is 229 Å². The molecule has 1 aliphatic rings. The van der Waals surface area contributed by atoms with Gasteiger partial charge in [0.05, 0.1) is 31.0 Å². The number of nitrogens with zero attached hydrogens (tertiary/aromatic N) is 7. The first kappa shape index (κ1) is 26.9. The van der Waals surface area contributed by atoms with Crippen molar-refractivity contribution in [3.8, 4) is 23.3 Å². The van der Waals surface area contributed by atoms with Gasteiger partial charge in [-0.05, 0) is 18.2 Å². The molecular weight excluding hydrogens is 550 g/mol. The molecule has 14 heteroatoms. The van der Waals surface area contributed by atoms with Gasteiger partial charge < -0.3 is 14.5 Å². The Morgan fingerprint density at radius 2 is 2.08 bits per heavy atom. The minimum atomic E-state index is -1.01. The molecule has 5 rings (SSSR count). The number of rotatable bonds is 6. The number of hydrogen-bond donors (Lipinski definition) is 0. The largest absolute Gasteiger partial charge is 0.467 e. The van der Waals surface area contributed by atoms with Crippen LogP contribution in [0.15, 0.2) is 41.8 Å². The molecule has 4 heterocycles. The van der Waals surface area contributed by atoms with Gasteiger partial charge in [0, 0.05) is 49.0 Å². The predicted molar refractivity (Wildman–Crippen MR) is 138 cm³/mol. The molecule has 3 aromatic heterocycles. The second-order valence-electron chi connectivity index (χ2n) is 8.66. The van der Waals surface area contributed by atoms with Crippen molar-refractivity contribution in [2.24, 2.45) is 0 Å². The van der Waals surface area contributed by atoms with Gasteiger partial charge in [-0.1, -0.05) is 0 Å². The molecule has 0 bridgehead atoms. The van der Waals surface area contributed by atoms with Gasteiger partial charge in [0.2, 0.25) is 0 Å². The number of piperazine rings is 1. The smallest absolute Gasteiger partial charge is 0.318 e. The summed E-state index contributed by atoms with van der Waals surface area (Å²) in [6.07, 6.45) is 3.66. The molecule has 1 amide bonds. The summed E-state index contributed by atoms with van der Waals surface area (Å²) in [6, 6.07) is 3.69. The molecule has 1 saturated heterocycles. The molecule has 1 atom stereocenters. The van der Waals surface area contributed by atoms with Crippen molar-refractivity contribution in [1.82, 2.24) is 24.8 Å². The summed E-state index contributed by atoms with van der Waals surface area (Å²) >= 11 is 1.17. The van der Waals surface area contributed by atoms with E-state index in [4.69, 9.17) is 4.74 Å². The number of methoxy groups -OCH3 is 1. The maximum atomic E-state index is 15.7. The number of anilines is 1. The van der Waals surface area contributed by atoms with Crippen LogP contribution in [0.1, 0.15) is 11.4 Å². The summed E-state index contributed by atoms with van der Waals surface area (Å²) in [5, 5.41) is 11.5. The van der Waals surface area contributed by atoms with Crippen molar-refractivity contribution in [3.63, 3.8) is 0 Å². The van der Waals surface area contributed by atoms with E-state index in [1.54, 1.807) is 10.3 Å². The second-order valence-corrected chi connectivity index (χ2v) is 9.59. The molecule has 40 heavy (non-hydrogen) atoms. The number of benzene rings is 1. The standard InChI is InChI=1S/C26H19F4N7O2S/c1-39-26-34-23-17(12-33-22(21(23)30)16-10-14(27)2-3-18(16)28)24(35-26)36-7-8-37(15(13-36)4-5-31)25(38)19(29)11-20-32-6-9-40-20/h2-3,6,9-12,15H,4,7-8,13H2,1H3/b19-11-. The second kappa shape index (κ2) is 11.2. The Kier molecular flexibility index (Phi) is 7.56. The first-order valence-electron chi connectivity index (χ1n) is 11.9. The topological polar surface area (TPSA) is 108 Å². The van der Waals surface area contributed by atoms with Crippen molar-refractivity contribution >= 4 is 40.0 Å². The van der Waals surface area contributed by atoms with E-state index in [-0.39, 0.29) is 54.3 Å². The molecule has 1 unspecified atom stereocenters. The lowest BCUT2D eigenvalue weighted by molar-refractivity contribution is -0.131. The van der Waals surface area contributed by atoms with E-state index in [0.717, 1.165) is 24.3 Å². The fourth-order valence-electron chi connectivity index (χ4n) is 4.43. The van der Waals surface area contributed by atoms with Crippen LogP contribution in [-0.2, 0) is 4.79 Å². The molecule has 9 nitrogen and oxygen atoms in total.